The summed E-state index contributed by atoms with van der Waals surface area (Å²) in [5, 5.41) is 7.89. The number of carbonyl (C=O) groups is 5. The predicted octanol–water partition coefficient (Wildman–Crippen LogP) is 0.299. The third-order valence-corrected chi connectivity index (χ3v) is 5.52. The van der Waals surface area contributed by atoms with E-state index in [4.69, 9.17) is 4.74 Å². The van der Waals surface area contributed by atoms with Crippen LogP contribution < -0.4 is 16.0 Å². The van der Waals surface area contributed by atoms with Gasteiger partial charge >= 0.3 is 5.97 Å². The lowest BCUT2D eigenvalue weighted by Crippen LogP contribution is -2.46. The molecule has 1 aliphatic rings. The molecule has 1 aromatic carbocycles. The highest BCUT2D eigenvalue weighted by Gasteiger charge is 2.36. The van der Waals surface area contributed by atoms with Gasteiger partial charge in [-0.25, -0.2) is 4.79 Å². The van der Waals surface area contributed by atoms with Gasteiger partial charge in [-0.3, -0.25) is 19.2 Å². The molecule has 1 heterocycles. The van der Waals surface area contributed by atoms with Crippen molar-refractivity contribution in [3.63, 3.8) is 0 Å². The lowest BCUT2D eigenvalue weighted by molar-refractivity contribution is -0.156. The minimum Gasteiger partial charge on any atom is -0.454 e. The molecule has 0 radical (unpaired) electrons. The van der Waals surface area contributed by atoms with Crippen LogP contribution in [0, 0.1) is 0 Å². The van der Waals surface area contributed by atoms with Gasteiger partial charge < -0.3 is 25.6 Å². The van der Waals surface area contributed by atoms with Crippen molar-refractivity contribution < 1.29 is 28.7 Å². The second kappa shape index (κ2) is 13.3. The van der Waals surface area contributed by atoms with Gasteiger partial charge in [0, 0.05) is 45.4 Å². The maximum Gasteiger partial charge on any atom is 0.329 e. The van der Waals surface area contributed by atoms with Crippen LogP contribution in [0.15, 0.2) is 30.3 Å². The van der Waals surface area contributed by atoms with E-state index in [0.717, 1.165) is 5.56 Å². The molecule has 186 valence electrons. The van der Waals surface area contributed by atoms with Crippen LogP contribution in [0.2, 0.25) is 0 Å². The van der Waals surface area contributed by atoms with Gasteiger partial charge in [0.25, 0.3) is 5.91 Å². The topological polar surface area (TPSA) is 134 Å². The van der Waals surface area contributed by atoms with Crippen molar-refractivity contribution in [2.75, 3.05) is 20.2 Å². The molecule has 1 fully saturated rings. The summed E-state index contributed by atoms with van der Waals surface area (Å²) in [7, 11) is 1.51. The Hall–Kier alpha value is -3.43. The number of nitrogens with one attached hydrogen (secondary N) is 3. The zero-order valence-corrected chi connectivity index (χ0v) is 20.0. The number of hydrogen-bond donors (Lipinski definition) is 3. The summed E-state index contributed by atoms with van der Waals surface area (Å²) in [6.45, 7) is 3.00. The van der Waals surface area contributed by atoms with E-state index in [1.165, 1.54) is 18.9 Å². The Kier molecular flexibility index (Phi) is 10.5. The molecule has 0 aromatic heterocycles. The van der Waals surface area contributed by atoms with E-state index in [2.05, 4.69) is 16.0 Å². The third-order valence-electron chi connectivity index (χ3n) is 5.52. The molecule has 0 aliphatic carbocycles. The molecule has 1 saturated heterocycles. The molecule has 10 nitrogen and oxygen atoms in total. The van der Waals surface area contributed by atoms with Crippen LogP contribution in [0.1, 0.15) is 45.1 Å². The van der Waals surface area contributed by atoms with Crippen LogP contribution in [0.25, 0.3) is 0 Å². The fourth-order valence-electron chi connectivity index (χ4n) is 3.98. The van der Waals surface area contributed by atoms with Crippen molar-refractivity contribution in [1.82, 2.24) is 20.9 Å². The molecule has 0 spiro atoms. The SMILES string of the molecule is CNC(=O)C[C@H](C)NC(=O)COC(=O)[C@H]1CCCN1C(=O)CC(Cc1ccccc1)NC(C)=O. The minimum absolute atomic E-state index is 0.0513. The molecule has 0 saturated carbocycles. The number of ether oxygens (including phenoxy) is 1. The van der Waals surface area contributed by atoms with Crippen LogP contribution in [-0.2, 0) is 35.1 Å². The van der Waals surface area contributed by atoms with Gasteiger partial charge in [0.05, 0.1) is 0 Å². The number of rotatable bonds is 11. The maximum absolute atomic E-state index is 13.0. The highest BCUT2D eigenvalue weighted by molar-refractivity contribution is 5.87. The number of benzene rings is 1. The van der Waals surface area contributed by atoms with Gasteiger partial charge in [0.2, 0.25) is 17.7 Å². The fraction of sp³-hybridized carbons (Fsp3) is 0.542. The first kappa shape index (κ1) is 26.8. The standard InChI is InChI=1S/C24H34N4O6/c1-16(12-21(30)25-3)26-22(31)15-34-24(33)20-10-7-11-28(20)23(32)14-19(27-17(2)29)13-18-8-5-4-6-9-18/h4-6,8-9,16,19-20H,7,10-15H2,1-3H3,(H,25,30)(H,26,31)(H,27,29)/t16-,19?,20+/m0/s1. The largest absolute Gasteiger partial charge is 0.454 e. The summed E-state index contributed by atoms with van der Waals surface area (Å²) in [6, 6.07) is 7.95. The molecule has 3 N–H and O–H groups in total. The second-order valence-corrected chi connectivity index (χ2v) is 8.49. The summed E-state index contributed by atoms with van der Waals surface area (Å²) in [6.07, 6.45) is 1.74. The Balaban J connectivity index is 1.90. The molecule has 2 rings (SSSR count). The van der Waals surface area contributed by atoms with Gasteiger partial charge in [0.15, 0.2) is 6.61 Å². The van der Waals surface area contributed by atoms with Crippen LogP contribution in [0.5, 0.6) is 0 Å². The summed E-state index contributed by atoms with van der Waals surface area (Å²) in [4.78, 5) is 62.1. The van der Waals surface area contributed by atoms with E-state index < -0.39 is 36.6 Å². The average Bonchev–Trinajstić information content (AvgIpc) is 3.27. The molecule has 34 heavy (non-hydrogen) atoms. The zero-order valence-electron chi connectivity index (χ0n) is 20.0. The first-order valence-electron chi connectivity index (χ1n) is 11.5. The Bertz CT molecular complexity index is 875. The van der Waals surface area contributed by atoms with Gasteiger partial charge in [0.1, 0.15) is 6.04 Å². The molecule has 1 aliphatic heterocycles. The lowest BCUT2D eigenvalue weighted by atomic mass is 10.0. The molecule has 1 aromatic rings. The fourth-order valence-corrected chi connectivity index (χ4v) is 3.98. The van der Waals surface area contributed by atoms with E-state index in [1.54, 1.807) is 6.92 Å². The molecule has 3 atom stereocenters. The van der Waals surface area contributed by atoms with Crippen LogP contribution in [0.4, 0.5) is 0 Å². The molecule has 0 bridgehead atoms. The number of esters is 1. The van der Waals surface area contributed by atoms with Gasteiger partial charge in [-0.2, -0.15) is 0 Å². The number of amides is 4. The van der Waals surface area contributed by atoms with Gasteiger partial charge in [-0.05, 0) is 31.7 Å². The van der Waals surface area contributed by atoms with Gasteiger partial charge in [-0.1, -0.05) is 30.3 Å². The zero-order chi connectivity index (χ0) is 25.1. The van der Waals surface area contributed by atoms with Crippen LogP contribution in [0.3, 0.4) is 0 Å². The first-order chi connectivity index (χ1) is 16.2. The van der Waals surface area contributed by atoms with E-state index >= 15 is 0 Å². The maximum atomic E-state index is 13.0. The molecule has 1 unspecified atom stereocenters. The number of nitrogens with zero attached hydrogens (tertiary/aromatic N) is 1. The highest BCUT2D eigenvalue weighted by atomic mass is 16.5. The van der Waals surface area contributed by atoms with E-state index in [9.17, 15) is 24.0 Å². The predicted molar refractivity (Wildman–Crippen MR) is 124 cm³/mol. The number of likely N-dealkylation sites (tertiary alicyclic amines) is 1. The third kappa shape index (κ3) is 8.84. The molecule has 4 amide bonds. The molecule has 10 heteroatoms. The number of carbonyl (C=O) groups excluding carboxylic acids is 5. The van der Waals surface area contributed by atoms with Crippen LogP contribution in [-0.4, -0.2) is 72.8 Å². The summed E-state index contributed by atoms with van der Waals surface area (Å²) in [5.41, 5.74) is 0.989. The van der Waals surface area contributed by atoms with E-state index in [1.807, 2.05) is 30.3 Å². The Morgan fingerprint density at radius 3 is 2.41 bits per heavy atom. The molecular formula is C24H34N4O6. The quantitative estimate of drug-likeness (QED) is 0.395. The van der Waals surface area contributed by atoms with E-state index in [0.29, 0.717) is 25.8 Å². The Morgan fingerprint density at radius 1 is 1.06 bits per heavy atom. The van der Waals surface area contributed by atoms with Crippen LogP contribution >= 0.6 is 0 Å². The van der Waals surface area contributed by atoms with E-state index in [-0.39, 0.29) is 30.6 Å². The normalized spacial score (nSPS) is 16.8. The second-order valence-electron chi connectivity index (χ2n) is 8.49. The summed E-state index contributed by atoms with van der Waals surface area (Å²) >= 11 is 0. The van der Waals surface area contributed by atoms with Crippen molar-refractivity contribution in [3.05, 3.63) is 35.9 Å². The average molecular weight is 475 g/mol. The van der Waals surface area contributed by atoms with Crippen molar-refractivity contribution in [1.29, 1.82) is 0 Å². The first-order valence-corrected chi connectivity index (χ1v) is 11.5. The Morgan fingerprint density at radius 2 is 1.76 bits per heavy atom. The van der Waals surface area contributed by atoms with Crippen molar-refractivity contribution >= 4 is 29.6 Å². The molecular weight excluding hydrogens is 440 g/mol. The minimum atomic E-state index is -0.765. The van der Waals surface area contributed by atoms with Crippen molar-refractivity contribution in [2.45, 2.75) is 64.1 Å². The van der Waals surface area contributed by atoms with Crippen molar-refractivity contribution in [2.24, 2.45) is 0 Å². The summed E-state index contributed by atoms with van der Waals surface area (Å²) in [5.74, 6) is -1.86. The highest BCUT2D eigenvalue weighted by Crippen LogP contribution is 2.21. The monoisotopic (exact) mass is 474 g/mol. The summed E-state index contributed by atoms with van der Waals surface area (Å²) < 4.78 is 5.15. The van der Waals surface area contributed by atoms with Gasteiger partial charge in [-0.15, -0.1) is 0 Å². The smallest absolute Gasteiger partial charge is 0.329 e. The number of hydrogen-bond acceptors (Lipinski definition) is 6. The van der Waals surface area contributed by atoms with Crippen molar-refractivity contribution in [3.8, 4) is 0 Å². The Labute approximate surface area is 199 Å². The lowest BCUT2D eigenvalue weighted by Gasteiger charge is -2.26.